The molecule has 0 radical (unpaired) electrons. The van der Waals surface area contributed by atoms with Gasteiger partial charge in [0.1, 0.15) is 11.2 Å². The van der Waals surface area contributed by atoms with Crippen molar-refractivity contribution in [1.29, 1.82) is 0 Å². The second-order valence-electron chi connectivity index (χ2n) is 7.10. The summed E-state index contributed by atoms with van der Waals surface area (Å²) in [5.41, 5.74) is 0.0386. The molecule has 0 saturated heterocycles. The zero-order chi connectivity index (χ0) is 19.3. The zero-order valence-corrected chi connectivity index (χ0v) is 15.6. The molecule has 0 saturated carbocycles. The van der Waals surface area contributed by atoms with Crippen molar-refractivity contribution < 1.29 is 14.0 Å². The molecule has 0 atom stereocenters. The number of hydrogen-bond acceptors (Lipinski definition) is 2. The van der Waals surface area contributed by atoms with Crippen LogP contribution in [0.4, 0.5) is 10.1 Å². The highest BCUT2D eigenvalue weighted by molar-refractivity contribution is 6.09. The first-order valence-corrected chi connectivity index (χ1v) is 8.64. The molecule has 0 spiro atoms. The Labute approximate surface area is 154 Å². The summed E-state index contributed by atoms with van der Waals surface area (Å²) in [6, 6.07) is 15.2. The predicted octanol–water partition coefficient (Wildman–Crippen LogP) is 4.23. The Hall–Kier alpha value is -2.69. The summed E-state index contributed by atoms with van der Waals surface area (Å²) in [6.07, 6.45) is 0. The minimum absolute atomic E-state index is 0.0658. The molecule has 2 aromatic carbocycles. The van der Waals surface area contributed by atoms with Crippen LogP contribution in [-0.4, -0.2) is 22.8 Å². The summed E-state index contributed by atoms with van der Waals surface area (Å²) in [5, 5.41) is 2.64. The van der Waals surface area contributed by atoms with E-state index in [1.807, 2.05) is 44.2 Å². The number of nitrogens with one attached hydrogen (secondary N) is 1. The molecule has 5 heteroatoms. The lowest BCUT2D eigenvalue weighted by Crippen LogP contribution is -2.49. The lowest BCUT2D eigenvalue weighted by atomic mass is 9.89. The summed E-state index contributed by atoms with van der Waals surface area (Å²) < 4.78 is 13.3. The van der Waals surface area contributed by atoms with Crippen LogP contribution in [0.1, 0.15) is 33.3 Å². The van der Waals surface area contributed by atoms with Gasteiger partial charge in [0, 0.05) is 18.3 Å². The van der Waals surface area contributed by atoms with Gasteiger partial charge in [-0.05, 0) is 51.5 Å². The average molecular weight is 356 g/mol. The lowest BCUT2D eigenvalue weighted by Gasteiger charge is -2.34. The molecule has 0 fully saturated rings. The molecule has 2 rings (SSSR count). The van der Waals surface area contributed by atoms with E-state index in [1.54, 1.807) is 24.8 Å². The number of rotatable bonds is 6. The average Bonchev–Trinajstić information content (AvgIpc) is 2.59. The summed E-state index contributed by atoms with van der Waals surface area (Å²) in [6.45, 7) is 7.44. The quantitative estimate of drug-likeness (QED) is 0.788. The Morgan fingerprint density at radius 2 is 1.73 bits per heavy atom. The Balaban J connectivity index is 2.18. The molecule has 2 aromatic rings. The van der Waals surface area contributed by atoms with Crippen LogP contribution in [0.2, 0.25) is 0 Å². The fourth-order valence-corrected chi connectivity index (χ4v) is 2.58. The highest BCUT2D eigenvalue weighted by Crippen LogP contribution is 2.25. The molecular weight excluding hydrogens is 331 g/mol. The van der Waals surface area contributed by atoms with Crippen LogP contribution in [0.5, 0.6) is 0 Å². The number of nitrogens with zero attached hydrogens (tertiary/aromatic N) is 1. The molecule has 138 valence electrons. The lowest BCUT2D eigenvalue weighted by molar-refractivity contribution is -0.148. The van der Waals surface area contributed by atoms with Gasteiger partial charge in [0.05, 0.1) is 0 Å². The van der Waals surface area contributed by atoms with Crippen molar-refractivity contribution in [2.45, 2.75) is 40.3 Å². The van der Waals surface area contributed by atoms with Gasteiger partial charge in [0.2, 0.25) is 11.8 Å². The van der Waals surface area contributed by atoms with Gasteiger partial charge in [0.15, 0.2) is 0 Å². The van der Waals surface area contributed by atoms with E-state index in [1.165, 1.54) is 18.2 Å². The third kappa shape index (κ3) is 4.69. The predicted molar refractivity (Wildman–Crippen MR) is 101 cm³/mol. The van der Waals surface area contributed by atoms with Gasteiger partial charge in [-0.3, -0.25) is 9.59 Å². The van der Waals surface area contributed by atoms with Gasteiger partial charge >= 0.3 is 0 Å². The fourth-order valence-electron chi connectivity index (χ4n) is 2.58. The first kappa shape index (κ1) is 19.6. The molecule has 0 aliphatic rings. The summed E-state index contributed by atoms with van der Waals surface area (Å²) in [4.78, 5) is 27.5. The highest BCUT2D eigenvalue weighted by Gasteiger charge is 2.40. The van der Waals surface area contributed by atoms with Gasteiger partial charge in [-0.15, -0.1) is 0 Å². The second kappa shape index (κ2) is 8.13. The van der Waals surface area contributed by atoms with Crippen LogP contribution in [0.3, 0.4) is 0 Å². The second-order valence-corrected chi connectivity index (χ2v) is 7.10. The third-order valence-corrected chi connectivity index (χ3v) is 4.26. The largest absolute Gasteiger partial charge is 0.335 e. The maximum absolute atomic E-state index is 13.3. The normalized spacial score (nSPS) is 11.3. The van der Waals surface area contributed by atoms with Gasteiger partial charge in [0.25, 0.3) is 0 Å². The van der Waals surface area contributed by atoms with Crippen molar-refractivity contribution in [3.05, 3.63) is 66.0 Å². The number of carbonyl (C=O) groups excluding carboxylic acids is 2. The minimum atomic E-state index is -1.29. The van der Waals surface area contributed by atoms with Gasteiger partial charge in [-0.1, -0.05) is 36.4 Å². The Bertz CT molecular complexity index is 773. The number of benzene rings is 2. The SMILES string of the molecule is CC(C)N(Cc1ccccc1)C(=O)C(C)(C)C(=O)Nc1cccc(F)c1. The summed E-state index contributed by atoms with van der Waals surface area (Å²) in [5.74, 6) is -1.18. The van der Waals surface area contributed by atoms with Crippen LogP contribution >= 0.6 is 0 Å². The molecule has 0 unspecified atom stereocenters. The van der Waals surface area contributed by atoms with Crippen molar-refractivity contribution >= 4 is 17.5 Å². The van der Waals surface area contributed by atoms with E-state index in [2.05, 4.69) is 5.32 Å². The first-order chi connectivity index (χ1) is 12.2. The molecule has 0 heterocycles. The van der Waals surface area contributed by atoms with Crippen LogP contribution in [0.15, 0.2) is 54.6 Å². The van der Waals surface area contributed by atoms with Crippen molar-refractivity contribution in [1.82, 2.24) is 4.90 Å². The molecule has 26 heavy (non-hydrogen) atoms. The third-order valence-electron chi connectivity index (χ3n) is 4.26. The molecule has 4 nitrogen and oxygen atoms in total. The van der Waals surface area contributed by atoms with E-state index in [9.17, 15) is 14.0 Å². The van der Waals surface area contributed by atoms with Crippen molar-refractivity contribution in [2.24, 2.45) is 5.41 Å². The smallest absolute Gasteiger partial charge is 0.239 e. The van der Waals surface area contributed by atoms with E-state index in [4.69, 9.17) is 0 Å². The topological polar surface area (TPSA) is 49.4 Å². The minimum Gasteiger partial charge on any atom is -0.335 e. The van der Waals surface area contributed by atoms with E-state index < -0.39 is 17.1 Å². The number of halogens is 1. The Morgan fingerprint density at radius 3 is 2.31 bits per heavy atom. The van der Waals surface area contributed by atoms with E-state index in [0.717, 1.165) is 5.56 Å². The van der Waals surface area contributed by atoms with E-state index >= 15 is 0 Å². The van der Waals surface area contributed by atoms with Gasteiger partial charge in [-0.2, -0.15) is 0 Å². The molecule has 0 aromatic heterocycles. The molecule has 0 bridgehead atoms. The van der Waals surface area contributed by atoms with Crippen LogP contribution in [0.25, 0.3) is 0 Å². The van der Waals surface area contributed by atoms with Crippen LogP contribution < -0.4 is 5.32 Å². The molecule has 1 N–H and O–H groups in total. The van der Waals surface area contributed by atoms with Crippen molar-refractivity contribution in [3.63, 3.8) is 0 Å². The maximum Gasteiger partial charge on any atom is 0.239 e. The van der Waals surface area contributed by atoms with Gasteiger partial charge in [-0.25, -0.2) is 4.39 Å². The van der Waals surface area contributed by atoms with E-state index in [0.29, 0.717) is 12.2 Å². The summed E-state index contributed by atoms with van der Waals surface area (Å²) in [7, 11) is 0. The van der Waals surface area contributed by atoms with Crippen LogP contribution in [0, 0.1) is 11.2 Å². The first-order valence-electron chi connectivity index (χ1n) is 8.64. The Kier molecular flexibility index (Phi) is 6.14. The fraction of sp³-hybridized carbons (Fsp3) is 0.333. The van der Waals surface area contributed by atoms with Crippen molar-refractivity contribution in [2.75, 3.05) is 5.32 Å². The summed E-state index contributed by atoms with van der Waals surface area (Å²) >= 11 is 0. The van der Waals surface area contributed by atoms with Gasteiger partial charge < -0.3 is 10.2 Å². The molecular formula is C21H25FN2O2. The molecule has 0 aliphatic carbocycles. The number of carbonyl (C=O) groups is 2. The monoisotopic (exact) mass is 356 g/mol. The Morgan fingerprint density at radius 1 is 1.08 bits per heavy atom. The van der Waals surface area contributed by atoms with Crippen LogP contribution in [-0.2, 0) is 16.1 Å². The molecule has 0 aliphatic heterocycles. The number of hydrogen-bond donors (Lipinski definition) is 1. The van der Waals surface area contributed by atoms with Crippen molar-refractivity contribution in [3.8, 4) is 0 Å². The number of anilines is 1. The standard InChI is InChI=1S/C21H25FN2O2/c1-15(2)24(14-16-9-6-5-7-10-16)20(26)21(3,4)19(25)23-18-12-8-11-17(22)13-18/h5-13,15H,14H2,1-4H3,(H,23,25). The molecule has 2 amide bonds. The van der Waals surface area contributed by atoms with E-state index in [-0.39, 0.29) is 11.9 Å². The number of amides is 2. The zero-order valence-electron chi connectivity index (χ0n) is 15.6. The maximum atomic E-state index is 13.3. The highest BCUT2D eigenvalue weighted by atomic mass is 19.1.